The molecule has 8 nitrogen and oxygen atoms in total. The van der Waals surface area contributed by atoms with E-state index < -0.39 is 17.6 Å². The van der Waals surface area contributed by atoms with Crippen molar-refractivity contribution in [2.24, 2.45) is 5.73 Å². The number of benzene rings is 2. The first-order chi connectivity index (χ1) is 19.3. The van der Waals surface area contributed by atoms with E-state index >= 15 is 0 Å². The number of aliphatic carboxylic acids is 1. The third-order valence-electron chi connectivity index (χ3n) is 9.16. The van der Waals surface area contributed by atoms with Crippen molar-refractivity contribution in [3.63, 3.8) is 0 Å². The van der Waals surface area contributed by atoms with Crippen molar-refractivity contribution in [1.82, 2.24) is 14.4 Å². The van der Waals surface area contributed by atoms with Crippen LogP contribution in [0, 0.1) is 5.41 Å². The lowest BCUT2D eigenvalue weighted by Crippen LogP contribution is -2.58. The highest BCUT2D eigenvalue weighted by Crippen LogP contribution is 2.40. The molecule has 40 heavy (non-hydrogen) atoms. The molecule has 212 valence electrons. The molecule has 0 saturated carbocycles. The Balaban J connectivity index is 1.36. The molecule has 2 fully saturated rings. The lowest BCUT2D eigenvalue weighted by Gasteiger charge is -2.42. The predicted octanol–water partition coefficient (Wildman–Crippen LogP) is 4.72. The largest absolute Gasteiger partial charge is 0.480 e. The minimum Gasteiger partial charge on any atom is -0.480 e. The molecule has 0 bridgehead atoms. The normalized spacial score (nSPS) is 21.1. The van der Waals surface area contributed by atoms with Crippen molar-refractivity contribution in [3.8, 4) is 0 Å². The van der Waals surface area contributed by atoms with Gasteiger partial charge in [0.2, 0.25) is 5.91 Å². The van der Waals surface area contributed by atoms with Crippen LogP contribution in [0.1, 0.15) is 69.2 Å². The number of carboxylic acid groups (broad SMARTS) is 1. The van der Waals surface area contributed by atoms with Crippen LogP contribution in [0.3, 0.4) is 0 Å². The summed E-state index contributed by atoms with van der Waals surface area (Å²) in [7, 11) is 0. The van der Waals surface area contributed by atoms with Crippen LogP contribution in [0.2, 0.25) is 0 Å². The summed E-state index contributed by atoms with van der Waals surface area (Å²) >= 11 is 0. The highest BCUT2D eigenvalue weighted by molar-refractivity contribution is 5.98. The number of amides is 1. The quantitative estimate of drug-likeness (QED) is 0.253. The smallest absolute Gasteiger partial charge is 0.328 e. The molecule has 1 amide bonds. The summed E-state index contributed by atoms with van der Waals surface area (Å²) in [4.78, 5) is 31.0. The lowest BCUT2D eigenvalue weighted by molar-refractivity contribution is -0.157. The predicted molar refractivity (Wildman–Crippen MR) is 157 cm³/mol. The number of aromatic nitrogens is 1. The van der Waals surface area contributed by atoms with Gasteiger partial charge in [-0.15, -0.1) is 0 Å². The number of carbonyl (C=O) groups excluding carboxylic acids is 1. The standard InChI is InChI=1S/C32H41N5O3/c1-3-32(31(39)40,24-10-6-5-7-11-24)37-19-9-13-27(37)30(38)36-18-8-12-25(36)16-17-26-20-22-14-15-23(29(33)34)21-28(22)35(26)4-2/h5-7,10-11,14-15,20-21,25,27H,3-4,8-9,12-13,16-19H2,1-2H3,(H3,33,34)(H,39,40)/t25-,27+,32?/m0/s1. The fraction of sp³-hybridized carbons (Fsp3) is 0.469. The Kier molecular flexibility index (Phi) is 7.99. The zero-order chi connectivity index (χ0) is 28.4. The molecule has 2 aromatic carbocycles. The van der Waals surface area contributed by atoms with E-state index in [0.717, 1.165) is 67.2 Å². The van der Waals surface area contributed by atoms with Crippen molar-refractivity contribution in [1.29, 1.82) is 5.41 Å². The molecule has 3 aromatic rings. The second kappa shape index (κ2) is 11.5. The van der Waals surface area contributed by atoms with Crippen LogP contribution < -0.4 is 5.73 Å². The van der Waals surface area contributed by atoms with E-state index in [9.17, 15) is 14.7 Å². The molecule has 8 heteroatoms. The molecule has 1 aromatic heterocycles. The Morgan fingerprint density at radius 3 is 2.48 bits per heavy atom. The number of nitrogen functional groups attached to an aromatic ring is 1. The molecule has 1 unspecified atom stereocenters. The lowest BCUT2D eigenvalue weighted by atomic mass is 9.84. The number of carboxylic acids is 1. The Hall–Kier alpha value is -3.65. The SMILES string of the molecule is CCn1c(CC[C@@H]2CCCN2C(=O)[C@H]2CCCN2C(CC)(C(=O)O)c2ccccc2)cc2ccc(C(=N)N)cc21. The average Bonchev–Trinajstić information content (AvgIpc) is 3.71. The molecule has 2 aliphatic rings. The summed E-state index contributed by atoms with van der Waals surface area (Å²) in [5, 5.41) is 19.5. The first-order valence-electron chi connectivity index (χ1n) is 14.6. The maximum Gasteiger partial charge on any atom is 0.328 e. The summed E-state index contributed by atoms with van der Waals surface area (Å²) in [6.07, 6.45) is 5.55. The fourth-order valence-electron chi connectivity index (χ4n) is 7.16. The van der Waals surface area contributed by atoms with Crippen LogP contribution in [0.5, 0.6) is 0 Å². The summed E-state index contributed by atoms with van der Waals surface area (Å²) in [5.41, 5.74) is 8.29. The van der Waals surface area contributed by atoms with Crippen molar-refractivity contribution >= 4 is 28.6 Å². The van der Waals surface area contributed by atoms with Gasteiger partial charge in [0.05, 0.1) is 6.04 Å². The van der Waals surface area contributed by atoms with Crippen molar-refractivity contribution in [3.05, 3.63) is 71.4 Å². The summed E-state index contributed by atoms with van der Waals surface area (Å²) in [6, 6.07) is 17.2. The maximum atomic E-state index is 14.1. The van der Waals surface area contributed by atoms with Gasteiger partial charge in [0, 0.05) is 42.5 Å². The van der Waals surface area contributed by atoms with Crippen LogP contribution in [0.4, 0.5) is 0 Å². The topological polar surface area (TPSA) is 116 Å². The Morgan fingerprint density at radius 1 is 1.05 bits per heavy atom. The molecular formula is C32H41N5O3. The number of nitrogens with zero attached hydrogens (tertiary/aromatic N) is 3. The van der Waals surface area contributed by atoms with E-state index in [1.165, 1.54) is 5.69 Å². The Labute approximate surface area is 236 Å². The Morgan fingerprint density at radius 2 is 1.80 bits per heavy atom. The monoisotopic (exact) mass is 543 g/mol. The summed E-state index contributed by atoms with van der Waals surface area (Å²) in [6.45, 7) is 6.18. The molecule has 0 radical (unpaired) electrons. The fourth-order valence-corrected chi connectivity index (χ4v) is 7.16. The van der Waals surface area contributed by atoms with E-state index in [1.54, 1.807) is 0 Å². The van der Waals surface area contributed by atoms with Crippen molar-refractivity contribution in [2.75, 3.05) is 13.1 Å². The molecule has 2 saturated heterocycles. The summed E-state index contributed by atoms with van der Waals surface area (Å²) < 4.78 is 2.28. The molecule has 3 atom stereocenters. The number of nitrogens with two attached hydrogens (primary N) is 1. The van der Waals surface area contributed by atoms with Gasteiger partial charge in [-0.3, -0.25) is 15.1 Å². The minimum atomic E-state index is -1.21. The molecular weight excluding hydrogens is 502 g/mol. The average molecular weight is 544 g/mol. The second-order valence-electron chi connectivity index (χ2n) is 11.2. The number of carbonyl (C=O) groups is 2. The minimum absolute atomic E-state index is 0.0654. The number of rotatable bonds is 10. The number of aryl methyl sites for hydroxylation is 2. The molecule has 4 N–H and O–H groups in total. The van der Waals surface area contributed by atoms with Crippen LogP contribution in [-0.2, 0) is 28.1 Å². The van der Waals surface area contributed by atoms with Gasteiger partial charge < -0.3 is 20.3 Å². The van der Waals surface area contributed by atoms with Crippen molar-refractivity contribution < 1.29 is 14.7 Å². The molecule has 0 aliphatic carbocycles. The van der Waals surface area contributed by atoms with E-state index in [1.807, 2.05) is 65.3 Å². The van der Waals surface area contributed by atoms with Gasteiger partial charge in [-0.1, -0.05) is 49.4 Å². The number of amidine groups is 1. The van der Waals surface area contributed by atoms with E-state index in [2.05, 4.69) is 17.6 Å². The Bertz CT molecular complexity index is 1400. The molecule has 5 rings (SSSR count). The second-order valence-corrected chi connectivity index (χ2v) is 11.2. The molecule has 2 aliphatic heterocycles. The highest BCUT2D eigenvalue weighted by atomic mass is 16.4. The number of hydrogen-bond acceptors (Lipinski definition) is 4. The zero-order valence-electron chi connectivity index (χ0n) is 23.6. The molecule has 3 heterocycles. The van der Waals surface area contributed by atoms with Gasteiger partial charge in [-0.25, -0.2) is 4.79 Å². The molecule has 0 spiro atoms. The van der Waals surface area contributed by atoms with Crippen LogP contribution in [-0.4, -0.2) is 62.4 Å². The van der Waals surface area contributed by atoms with Gasteiger partial charge in [0.15, 0.2) is 0 Å². The van der Waals surface area contributed by atoms with E-state index in [-0.39, 0.29) is 17.8 Å². The van der Waals surface area contributed by atoms with E-state index in [0.29, 0.717) is 19.4 Å². The zero-order valence-corrected chi connectivity index (χ0v) is 23.6. The van der Waals surface area contributed by atoms with Crippen LogP contribution in [0.15, 0.2) is 54.6 Å². The van der Waals surface area contributed by atoms with E-state index in [4.69, 9.17) is 11.1 Å². The number of nitrogens with one attached hydrogen (secondary N) is 1. The van der Waals surface area contributed by atoms with Gasteiger partial charge in [-0.2, -0.15) is 0 Å². The highest BCUT2D eigenvalue weighted by Gasteiger charge is 2.51. The third kappa shape index (κ3) is 4.79. The third-order valence-corrected chi connectivity index (χ3v) is 9.16. The summed E-state index contributed by atoms with van der Waals surface area (Å²) in [5.74, 6) is -0.744. The number of fused-ring (bicyclic) bond motifs is 1. The van der Waals surface area contributed by atoms with Gasteiger partial charge in [0.1, 0.15) is 11.4 Å². The van der Waals surface area contributed by atoms with Crippen LogP contribution >= 0.6 is 0 Å². The van der Waals surface area contributed by atoms with Crippen LogP contribution in [0.25, 0.3) is 10.9 Å². The first-order valence-corrected chi connectivity index (χ1v) is 14.6. The van der Waals surface area contributed by atoms with Gasteiger partial charge >= 0.3 is 5.97 Å². The number of likely N-dealkylation sites (tertiary alicyclic amines) is 2. The first kappa shape index (κ1) is 27.9. The van der Waals surface area contributed by atoms with Gasteiger partial charge in [-0.05, 0) is 75.0 Å². The van der Waals surface area contributed by atoms with Crippen molar-refractivity contribution in [2.45, 2.75) is 83.0 Å². The van der Waals surface area contributed by atoms with Gasteiger partial charge in [0.25, 0.3) is 0 Å². The maximum absolute atomic E-state index is 14.1. The number of hydrogen-bond donors (Lipinski definition) is 3.